The lowest BCUT2D eigenvalue weighted by Crippen LogP contribution is -2.01. The molecule has 0 radical (unpaired) electrons. The van der Waals surface area contributed by atoms with Crippen LogP contribution in [0, 0.1) is 5.92 Å². The van der Waals surface area contributed by atoms with Crippen molar-refractivity contribution in [3.63, 3.8) is 0 Å². The third-order valence-electron chi connectivity index (χ3n) is 1.22. The van der Waals surface area contributed by atoms with Crippen LogP contribution in [-0.4, -0.2) is 11.5 Å². The van der Waals surface area contributed by atoms with Crippen molar-refractivity contribution >= 4 is 7.91 Å². The van der Waals surface area contributed by atoms with Crippen LogP contribution in [0.1, 0.15) is 20.3 Å². The van der Waals surface area contributed by atoms with Crippen molar-refractivity contribution in [3.8, 4) is 0 Å². The average molecular weight is 170 g/mol. The third kappa shape index (κ3) is 6.20. The first-order chi connectivity index (χ1) is 4.45. The minimum atomic E-state index is -4.73. The molecule has 0 aromatic rings. The molecule has 0 rings (SSSR count). The Hall–Kier alpha value is 0.0800. The third-order valence-corrected chi connectivity index (χ3v) is 1.68. The highest BCUT2D eigenvalue weighted by molar-refractivity contribution is 7.46. The predicted octanol–water partition coefficient (Wildman–Crippen LogP) is 2.12. The van der Waals surface area contributed by atoms with Crippen LogP contribution in [0.15, 0.2) is 0 Å². The van der Waals surface area contributed by atoms with Gasteiger partial charge in [0, 0.05) is 0 Å². The molecule has 0 fully saturated rings. The van der Waals surface area contributed by atoms with Gasteiger partial charge in [-0.25, -0.2) is 4.57 Å². The van der Waals surface area contributed by atoms with E-state index < -0.39 is 7.91 Å². The largest absolute Gasteiger partial charge is 0.510 e. The highest BCUT2D eigenvalue weighted by Crippen LogP contribution is 2.43. The predicted molar refractivity (Wildman–Crippen MR) is 36.3 cm³/mol. The maximum atomic E-state index is 11.8. The Morgan fingerprint density at radius 2 is 2.30 bits per heavy atom. The van der Waals surface area contributed by atoms with Gasteiger partial charge in [0.25, 0.3) is 0 Å². The van der Waals surface area contributed by atoms with Gasteiger partial charge in [-0.15, -0.1) is 4.20 Å². The average Bonchev–Trinajstić information content (AvgIpc) is 1.81. The van der Waals surface area contributed by atoms with Crippen molar-refractivity contribution in [1.29, 1.82) is 0 Å². The molecule has 3 nitrogen and oxygen atoms in total. The molecule has 10 heavy (non-hydrogen) atoms. The molecule has 0 saturated carbocycles. The molecule has 0 amide bonds. The highest BCUT2D eigenvalue weighted by Gasteiger charge is 2.17. The summed E-state index contributed by atoms with van der Waals surface area (Å²) in [6.07, 6.45) is 0.806. The second-order valence-electron chi connectivity index (χ2n) is 2.26. The molecular formula is C5H12FO3P. The Bertz CT molecular complexity index is 133. The number of rotatable bonds is 4. The summed E-state index contributed by atoms with van der Waals surface area (Å²) in [5.74, 6) is 0.122. The molecule has 5 heteroatoms. The van der Waals surface area contributed by atoms with Gasteiger partial charge in [-0.05, 0) is 5.92 Å². The summed E-state index contributed by atoms with van der Waals surface area (Å²) in [5, 5.41) is 0. The summed E-state index contributed by atoms with van der Waals surface area (Å²) in [6.45, 7) is 3.71. The van der Waals surface area contributed by atoms with Crippen LogP contribution in [0.25, 0.3) is 0 Å². The molecule has 1 N–H and O–H groups in total. The molecule has 2 unspecified atom stereocenters. The van der Waals surface area contributed by atoms with Gasteiger partial charge >= 0.3 is 7.91 Å². The fourth-order valence-electron chi connectivity index (χ4n) is 0.337. The van der Waals surface area contributed by atoms with Gasteiger partial charge < -0.3 is 0 Å². The molecule has 0 saturated heterocycles. The number of halogens is 1. The zero-order chi connectivity index (χ0) is 8.20. The topological polar surface area (TPSA) is 46.5 Å². The molecule has 0 aromatic heterocycles. The molecule has 0 aliphatic rings. The van der Waals surface area contributed by atoms with E-state index in [1.165, 1.54) is 0 Å². The first-order valence-corrected chi connectivity index (χ1v) is 4.59. The number of hydrogen-bond acceptors (Lipinski definition) is 2. The molecule has 0 bridgehead atoms. The van der Waals surface area contributed by atoms with E-state index in [1.807, 2.05) is 13.8 Å². The van der Waals surface area contributed by atoms with Crippen molar-refractivity contribution in [1.82, 2.24) is 0 Å². The van der Waals surface area contributed by atoms with Crippen LogP contribution >= 0.6 is 7.91 Å². The fraction of sp³-hybridized carbons (Fsp3) is 1.00. The van der Waals surface area contributed by atoms with E-state index in [0.29, 0.717) is 0 Å². The van der Waals surface area contributed by atoms with E-state index in [0.717, 1.165) is 6.42 Å². The summed E-state index contributed by atoms with van der Waals surface area (Å²) in [5.41, 5.74) is 0. The first kappa shape index (κ1) is 10.1. The quantitative estimate of drug-likeness (QED) is 0.657. The Kier molecular flexibility index (Phi) is 4.09. The lowest BCUT2D eigenvalue weighted by atomic mass is 10.1. The first-order valence-electron chi connectivity index (χ1n) is 3.12. The minimum Gasteiger partial charge on any atom is -0.299 e. The maximum absolute atomic E-state index is 11.8. The normalized spacial score (nSPS) is 20.0. The maximum Gasteiger partial charge on any atom is 0.510 e. The van der Waals surface area contributed by atoms with Gasteiger partial charge in [-0.1, -0.05) is 20.3 Å². The van der Waals surface area contributed by atoms with E-state index >= 15 is 0 Å². The Morgan fingerprint density at radius 3 is 2.60 bits per heavy atom. The Balaban J connectivity index is 3.46. The van der Waals surface area contributed by atoms with E-state index in [1.54, 1.807) is 0 Å². The zero-order valence-corrected chi connectivity index (χ0v) is 6.97. The molecule has 0 heterocycles. The molecular weight excluding hydrogens is 158 g/mol. The van der Waals surface area contributed by atoms with E-state index in [-0.39, 0.29) is 12.5 Å². The van der Waals surface area contributed by atoms with Crippen LogP contribution in [-0.2, 0) is 9.09 Å². The molecule has 0 aliphatic carbocycles. The summed E-state index contributed by atoms with van der Waals surface area (Å²) in [4.78, 5) is 8.03. The van der Waals surface area contributed by atoms with Crippen molar-refractivity contribution in [3.05, 3.63) is 0 Å². The number of hydrogen-bond donors (Lipinski definition) is 1. The summed E-state index contributed by atoms with van der Waals surface area (Å²) in [7, 11) is -4.73. The minimum absolute atomic E-state index is 0.000772. The lowest BCUT2D eigenvalue weighted by molar-refractivity contribution is 0.194. The molecule has 2 atom stereocenters. The van der Waals surface area contributed by atoms with Crippen molar-refractivity contribution < 1.29 is 18.2 Å². The van der Waals surface area contributed by atoms with E-state index in [4.69, 9.17) is 4.89 Å². The summed E-state index contributed by atoms with van der Waals surface area (Å²) < 4.78 is 25.7. The second-order valence-corrected chi connectivity index (χ2v) is 3.42. The van der Waals surface area contributed by atoms with Crippen LogP contribution < -0.4 is 0 Å². The van der Waals surface area contributed by atoms with Gasteiger partial charge in [0.15, 0.2) is 0 Å². The van der Waals surface area contributed by atoms with E-state index in [9.17, 15) is 8.76 Å². The van der Waals surface area contributed by atoms with E-state index in [2.05, 4.69) is 4.52 Å². The lowest BCUT2D eigenvalue weighted by Gasteiger charge is -2.07. The standard InChI is InChI=1S/C5H12FO3P/c1-3-5(2)4-9-10(6,7)8/h5H,3-4H2,1-2H3,(H,7,8). The summed E-state index contributed by atoms with van der Waals surface area (Å²) in [6, 6.07) is 0. The van der Waals surface area contributed by atoms with Crippen LogP contribution in [0.3, 0.4) is 0 Å². The van der Waals surface area contributed by atoms with Crippen LogP contribution in [0.5, 0.6) is 0 Å². The van der Waals surface area contributed by atoms with Gasteiger partial charge in [-0.3, -0.25) is 9.42 Å². The van der Waals surface area contributed by atoms with Crippen LogP contribution in [0.4, 0.5) is 4.20 Å². The monoisotopic (exact) mass is 170 g/mol. The van der Waals surface area contributed by atoms with Crippen molar-refractivity contribution in [2.24, 2.45) is 5.92 Å². The zero-order valence-electron chi connectivity index (χ0n) is 6.08. The van der Waals surface area contributed by atoms with Gasteiger partial charge in [-0.2, -0.15) is 0 Å². The second kappa shape index (κ2) is 4.06. The molecule has 0 aliphatic heterocycles. The highest BCUT2D eigenvalue weighted by atomic mass is 31.2. The Labute approximate surface area is 59.9 Å². The Morgan fingerprint density at radius 1 is 1.80 bits per heavy atom. The van der Waals surface area contributed by atoms with Gasteiger partial charge in [0.1, 0.15) is 0 Å². The van der Waals surface area contributed by atoms with Gasteiger partial charge in [0.2, 0.25) is 0 Å². The summed E-state index contributed by atoms with van der Waals surface area (Å²) >= 11 is 0. The smallest absolute Gasteiger partial charge is 0.299 e. The van der Waals surface area contributed by atoms with Crippen molar-refractivity contribution in [2.45, 2.75) is 20.3 Å². The van der Waals surface area contributed by atoms with Crippen LogP contribution in [0.2, 0.25) is 0 Å². The molecule has 62 valence electrons. The van der Waals surface area contributed by atoms with Gasteiger partial charge in [0.05, 0.1) is 6.61 Å². The molecule has 0 aromatic carbocycles. The SMILES string of the molecule is CCC(C)COP(=O)(O)F. The molecule has 0 spiro atoms. The fourth-order valence-corrected chi connectivity index (χ4v) is 0.775. The van der Waals surface area contributed by atoms with Crippen molar-refractivity contribution in [2.75, 3.05) is 6.61 Å².